The number of alkyl halides is 3. The Morgan fingerprint density at radius 1 is 1.12 bits per heavy atom. The van der Waals surface area contributed by atoms with Gasteiger partial charge >= 0.3 is 12.2 Å². The number of hydrogen-bond donors (Lipinski definition) is 2. The van der Waals surface area contributed by atoms with E-state index in [1.807, 2.05) is 13.8 Å². The number of amides is 3. The van der Waals surface area contributed by atoms with Crippen molar-refractivity contribution in [3.05, 3.63) is 64.2 Å². The van der Waals surface area contributed by atoms with Gasteiger partial charge in [-0.3, -0.25) is 14.7 Å². The monoisotopic (exact) mass is 607 g/mol. The predicted octanol–water partition coefficient (Wildman–Crippen LogP) is 3.99. The Hall–Kier alpha value is -3.45. The van der Waals surface area contributed by atoms with Crippen molar-refractivity contribution in [1.82, 2.24) is 9.62 Å². The number of piperidine rings is 1. The van der Waals surface area contributed by atoms with Crippen LogP contribution in [-0.4, -0.2) is 68.1 Å². The molecule has 0 radical (unpaired) electrons. The van der Waals surface area contributed by atoms with E-state index in [1.54, 1.807) is 43.4 Å². The van der Waals surface area contributed by atoms with Crippen molar-refractivity contribution in [2.45, 2.75) is 64.1 Å². The van der Waals surface area contributed by atoms with Crippen LogP contribution in [0.5, 0.6) is 0 Å². The molecular weight excluding hydrogens is 571 g/mol. The number of sulfonamides is 1. The maximum atomic E-state index is 13.3. The van der Waals surface area contributed by atoms with Crippen molar-refractivity contribution in [1.29, 1.82) is 0 Å². The van der Waals surface area contributed by atoms with Gasteiger partial charge in [-0.2, -0.15) is 13.2 Å². The third kappa shape index (κ3) is 7.12. The number of benzene rings is 2. The van der Waals surface area contributed by atoms with Crippen molar-refractivity contribution in [3.63, 3.8) is 0 Å². The van der Waals surface area contributed by atoms with Crippen LogP contribution in [0.15, 0.2) is 41.4 Å². The molecule has 2 aliphatic heterocycles. The molecule has 0 aromatic heterocycles. The number of carbonyl (C=O) groups is 2. The van der Waals surface area contributed by atoms with Crippen LogP contribution in [0.4, 0.5) is 23.7 Å². The van der Waals surface area contributed by atoms with Crippen LogP contribution in [-0.2, 0) is 27.7 Å². The molecule has 0 unspecified atom stereocenters. The second-order valence-electron chi connectivity index (χ2n) is 11.0. The van der Waals surface area contributed by atoms with Crippen molar-refractivity contribution >= 4 is 33.5 Å². The van der Waals surface area contributed by atoms with E-state index in [4.69, 9.17) is 5.73 Å². The zero-order chi connectivity index (χ0) is 30.9. The molecule has 1 spiro atoms. The molecule has 0 atom stereocenters. The first-order chi connectivity index (χ1) is 19.6. The van der Waals surface area contributed by atoms with Gasteiger partial charge in [0.05, 0.1) is 5.75 Å². The number of halogens is 3. The first-order valence-electron chi connectivity index (χ1n) is 13.8. The van der Waals surface area contributed by atoms with E-state index in [0.717, 1.165) is 22.3 Å². The van der Waals surface area contributed by atoms with E-state index >= 15 is 0 Å². The van der Waals surface area contributed by atoms with Gasteiger partial charge in [0.2, 0.25) is 10.0 Å². The van der Waals surface area contributed by atoms with Crippen molar-refractivity contribution in [2.75, 3.05) is 30.8 Å². The Morgan fingerprint density at radius 2 is 1.76 bits per heavy atom. The van der Waals surface area contributed by atoms with Crippen molar-refractivity contribution in [3.8, 4) is 0 Å². The molecule has 0 aliphatic carbocycles. The predicted molar refractivity (Wildman–Crippen MR) is 155 cm³/mol. The van der Waals surface area contributed by atoms with E-state index < -0.39 is 34.2 Å². The van der Waals surface area contributed by atoms with E-state index in [-0.39, 0.29) is 50.4 Å². The van der Waals surface area contributed by atoms with Crippen LogP contribution >= 0.6 is 0 Å². The van der Waals surface area contributed by atoms with Crippen LogP contribution in [0.2, 0.25) is 0 Å². The lowest BCUT2D eigenvalue weighted by atomic mass is 9.89. The normalized spacial score (nSPS) is 17.3. The van der Waals surface area contributed by atoms with Gasteiger partial charge in [-0.15, -0.1) is 0 Å². The van der Waals surface area contributed by atoms with Crippen LogP contribution < -0.4 is 16.0 Å². The fourth-order valence-electron chi connectivity index (χ4n) is 5.54. The number of amidine groups is 1. The standard InChI is InChI=1S/C29H36F3N5O4S/c1-19-16-23(36(3)27(33)39)17-20(2)24(19)9-15-42(40,41)37-13-11-28(12-14-37)26(38)34-25(35-28)22-8-4-6-21(18-22)7-5-10-29(30,31)32/h4,6,8,16-18H,5,7,9-15H2,1-3H3,(H2,33,39)(H,34,35,38). The summed E-state index contributed by atoms with van der Waals surface area (Å²) >= 11 is 0. The quantitative estimate of drug-likeness (QED) is 0.447. The number of primary amides is 1. The maximum absolute atomic E-state index is 13.3. The SMILES string of the molecule is Cc1cc(N(C)C(N)=O)cc(C)c1CCS(=O)(=O)N1CCC2(CC1)N=C(c1cccc(CCCC(F)(F)F)c1)NC2=O. The number of nitrogens with two attached hydrogens (primary N) is 1. The summed E-state index contributed by atoms with van der Waals surface area (Å²) in [5.74, 6) is -0.0520. The topological polar surface area (TPSA) is 125 Å². The number of urea groups is 1. The van der Waals surface area contributed by atoms with Gasteiger partial charge in [-0.05, 0) is 86.4 Å². The summed E-state index contributed by atoms with van der Waals surface area (Å²) < 4.78 is 65.5. The number of rotatable bonds is 9. The molecular formula is C29H36F3N5O4S. The zero-order valence-electron chi connectivity index (χ0n) is 23.9. The molecule has 2 aromatic carbocycles. The Bertz CT molecular complexity index is 1480. The minimum Gasteiger partial charge on any atom is -0.351 e. The molecule has 1 fully saturated rings. The molecule has 2 aromatic rings. The smallest absolute Gasteiger partial charge is 0.351 e. The number of anilines is 1. The second-order valence-corrected chi connectivity index (χ2v) is 13.1. The summed E-state index contributed by atoms with van der Waals surface area (Å²) in [7, 11) is -2.05. The largest absolute Gasteiger partial charge is 0.389 e. The molecule has 1 saturated heterocycles. The van der Waals surface area contributed by atoms with E-state index in [9.17, 15) is 31.2 Å². The van der Waals surface area contributed by atoms with Crippen molar-refractivity contribution in [2.24, 2.45) is 10.7 Å². The van der Waals surface area contributed by atoms with Crippen LogP contribution in [0, 0.1) is 13.8 Å². The molecule has 228 valence electrons. The molecule has 2 aliphatic rings. The van der Waals surface area contributed by atoms with Crippen LogP contribution in [0.25, 0.3) is 0 Å². The summed E-state index contributed by atoms with van der Waals surface area (Å²) in [6, 6.07) is 9.96. The molecule has 0 saturated carbocycles. The molecule has 13 heteroatoms. The Kier molecular flexibility index (Phi) is 9.02. The van der Waals surface area contributed by atoms with Crippen molar-refractivity contribution < 1.29 is 31.2 Å². The number of aliphatic imine (C=N–C) groups is 1. The molecule has 9 nitrogen and oxygen atoms in total. The molecule has 4 rings (SSSR count). The van der Waals surface area contributed by atoms with Gasteiger partial charge in [0.15, 0.2) is 0 Å². The Morgan fingerprint density at radius 3 is 2.36 bits per heavy atom. The van der Waals surface area contributed by atoms with Gasteiger partial charge in [-0.1, -0.05) is 18.2 Å². The van der Waals surface area contributed by atoms with E-state index in [2.05, 4.69) is 10.3 Å². The second kappa shape index (κ2) is 12.0. The highest BCUT2D eigenvalue weighted by Crippen LogP contribution is 2.33. The summed E-state index contributed by atoms with van der Waals surface area (Å²) in [6.45, 7) is 4.02. The minimum atomic E-state index is -4.20. The Balaban J connectivity index is 1.39. The average Bonchev–Trinajstić information content (AvgIpc) is 3.22. The fraction of sp³-hybridized carbons (Fsp3) is 0.483. The minimum absolute atomic E-state index is 0.0306. The number of hydrogen-bond acceptors (Lipinski definition) is 5. The lowest BCUT2D eigenvalue weighted by molar-refractivity contribution is -0.135. The third-order valence-corrected chi connectivity index (χ3v) is 9.93. The summed E-state index contributed by atoms with van der Waals surface area (Å²) in [6.07, 6.45) is -4.11. The zero-order valence-corrected chi connectivity index (χ0v) is 24.7. The number of carbonyl (C=O) groups excluding carboxylic acids is 2. The first-order valence-corrected chi connectivity index (χ1v) is 15.4. The van der Waals surface area contributed by atoms with E-state index in [0.29, 0.717) is 23.5 Å². The van der Waals surface area contributed by atoms with Gasteiger partial charge in [-0.25, -0.2) is 17.5 Å². The van der Waals surface area contributed by atoms with E-state index in [1.165, 1.54) is 9.21 Å². The van der Waals surface area contributed by atoms with Gasteiger partial charge in [0, 0.05) is 37.8 Å². The molecule has 3 N–H and O–H groups in total. The summed E-state index contributed by atoms with van der Waals surface area (Å²) in [5.41, 5.74) is 8.85. The Labute approximate surface area is 244 Å². The highest BCUT2D eigenvalue weighted by atomic mass is 32.2. The molecule has 0 bridgehead atoms. The molecule has 2 heterocycles. The lowest BCUT2D eigenvalue weighted by Gasteiger charge is -2.34. The molecule has 42 heavy (non-hydrogen) atoms. The number of nitrogens with one attached hydrogen (secondary N) is 1. The van der Waals surface area contributed by atoms with Gasteiger partial charge in [0.25, 0.3) is 5.91 Å². The maximum Gasteiger partial charge on any atom is 0.389 e. The lowest BCUT2D eigenvalue weighted by Crippen LogP contribution is -2.50. The first kappa shape index (κ1) is 31.5. The fourth-order valence-corrected chi connectivity index (χ4v) is 7.00. The number of aryl methyl sites for hydroxylation is 3. The average molecular weight is 608 g/mol. The van der Waals surface area contributed by atoms with Crippen LogP contribution in [0.1, 0.15) is 53.5 Å². The van der Waals surface area contributed by atoms with Gasteiger partial charge < -0.3 is 11.1 Å². The highest BCUT2D eigenvalue weighted by Gasteiger charge is 2.47. The van der Waals surface area contributed by atoms with Crippen LogP contribution in [0.3, 0.4) is 0 Å². The molecule has 3 amide bonds. The number of nitrogens with zero attached hydrogens (tertiary/aromatic N) is 3. The van der Waals surface area contributed by atoms with Gasteiger partial charge in [0.1, 0.15) is 11.4 Å². The summed E-state index contributed by atoms with van der Waals surface area (Å²) in [5, 5.41) is 2.80. The summed E-state index contributed by atoms with van der Waals surface area (Å²) in [4.78, 5) is 30.5. The highest BCUT2D eigenvalue weighted by molar-refractivity contribution is 7.89. The third-order valence-electron chi connectivity index (χ3n) is 8.06.